The Bertz CT molecular complexity index is 1710. The topological polar surface area (TPSA) is 117 Å². The monoisotopic (exact) mass is 479 g/mol. The van der Waals surface area contributed by atoms with Gasteiger partial charge in [0, 0.05) is 17.2 Å². The first-order valence-electron chi connectivity index (χ1n) is 10.4. The van der Waals surface area contributed by atoms with Gasteiger partial charge < -0.3 is 13.7 Å². The fraction of sp³-hybridized carbons (Fsp3) is 0.208. The van der Waals surface area contributed by atoms with Crippen molar-refractivity contribution in [3.63, 3.8) is 0 Å². The van der Waals surface area contributed by atoms with Crippen molar-refractivity contribution in [2.24, 2.45) is 0 Å². The summed E-state index contributed by atoms with van der Waals surface area (Å²) in [7, 11) is -1.74. The normalized spacial score (nSPS) is 12.0. The maximum Gasteiger partial charge on any atom is 0.420 e. The van der Waals surface area contributed by atoms with Crippen LogP contribution in [0.2, 0.25) is 0 Å². The van der Waals surface area contributed by atoms with E-state index >= 15 is 0 Å². The first-order chi connectivity index (χ1) is 16.2. The summed E-state index contributed by atoms with van der Waals surface area (Å²) >= 11 is 0. The lowest BCUT2D eigenvalue weighted by Gasteiger charge is -2.11. The largest absolute Gasteiger partial charge is 0.496 e. The minimum atomic E-state index is -3.31. The van der Waals surface area contributed by atoms with Crippen LogP contribution >= 0.6 is 0 Å². The van der Waals surface area contributed by atoms with Crippen molar-refractivity contribution in [3.05, 3.63) is 70.2 Å². The molecule has 0 atom stereocenters. The number of aryl methyl sites for hydroxylation is 2. The van der Waals surface area contributed by atoms with E-state index in [1.165, 1.54) is 22.9 Å². The molecule has 0 fully saturated rings. The zero-order valence-electron chi connectivity index (χ0n) is 18.9. The van der Waals surface area contributed by atoms with E-state index in [1.807, 2.05) is 26.0 Å². The van der Waals surface area contributed by atoms with Gasteiger partial charge in [0.15, 0.2) is 15.4 Å². The molecular formula is C24H21N3O6S. The number of methoxy groups -OCH3 is 1. The highest BCUT2D eigenvalue weighted by Crippen LogP contribution is 2.38. The summed E-state index contributed by atoms with van der Waals surface area (Å²) in [5, 5.41) is 4.72. The quantitative estimate of drug-likeness (QED) is 0.373. The molecule has 0 bridgehead atoms. The zero-order valence-corrected chi connectivity index (χ0v) is 19.8. The number of nitrogens with zero attached hydrogens (tertiary/aromatic N) is 3. The Balaban J connectivity index is 1.70. The summed E-state index contributed by atoms with van der Waals surface area (Å²) < 4.78 is 41.5. The summed E-state index contributed by atoms with van der Waals surface area (Å²) in [5.41, 5.74) is 4.66. The van der Waals surface area contributed by atoms with Crippen molar-refractivity contribution in [1.29, 1.82) is 0 Å². The van der Waals surface area contributed by atoms with Gasteiger partial charge in [0.05, 0.1) is 41.5 Å². The van der Waals surface area contributed by atoms with Gasteiger partial charge in [-0.05, 0) is 43.7 Å². The van der Waals surface area contributed by atoms with Crippen LogP contribution in [0.4, 0.5) is 0 Å². The maximum atomic E-state index is 12.7. The van der Waals surface area contributed by atoms with Gasteiger partial charge in [-0.15, -0.1) is 0 Å². The summed E-state index contributed by atoms with van der Waals surface area (Å²) in [6.07, 6.45) is 2.67. The second-order valence-electron chi connectivity index (χ2n) is 8.11. The van der Waals surface area contributed by atoms with Crippen molar-refractivity contribution < 1.29 is 22.1 Å². The van der Waals surface area contributed by atoms with Gasteiger partial charge in [-0.25, -0.2) is 13.2 Å². The molecule has 9 nitrogen and oxygen atoms in total. The maximum absolute atomic E-state index is 12.7. The van der Waals surface area contributed by atoms with Crippen molar-refractivity contribution in [2.75, 3.05) is 13.4 Å². The molecule has 0 aliphatic rings. The molecule has 0 saturated carbocycles. The van der Waals surface area contributed by atoms with Crippen molar-refractivity contribution in [3.8, 4) is 16.9 Å². The Kier molecular flexibility index (Phi) is 5.05. The molecular weight excluding hydrogens is 458 g/mol. The Labute approximate surface area is 194 Å². The van der Waals surface area contributed by atoms with E-state index in [0.717, 1.165) is 28.6 Å². The van der Waals surface area contributed by atoms with Crippen LogP contribution in [0.25, 0.3) is 33.1 Å². The fourth-order valence-electron chi connectivity index (χ4n) is 4.18. The molecule has 174 valence electrons. The SMILES string of the molecule is COc1cc2c(cc1-c1c(C)noc1C)ncc1oc(=O)n(Cc3ccc(S(C)(=O)=O)cc3)c12. The third-order valence-corrected chi connectivity index (χ3v) is 6.94. The Hall–Kier alpha value is -3.92. The van der Waals surface area contributed by atoms with E-state index < -0.39 is 15.6 Å². The molecule has 3 heterocycles. The summed E-state index contributed by atoms with van der Waals surface area (Å²) in [4.78, 5) is 17.4. The molecule has 10 heteroatoms. The molecule has 0 amide bonds. The lowest BCUT2D eigenvalue weighted by atomic mass is 10.0. The molecule has 2 aromatic carbocycles. The van der Waals surface area contributed by atoms with E-state index in [-0.39, 0.29) is 11.4 Å². The van der Waals surface area contributed by atoms with Gasteiger partial charge in [-0.2, -0.15) is 0 Å². The molecule has 5 rings (SSSR count). The van der Waals surface area contributed by atoms with Gasteiger partial charge in [0.1, 0.15) is 17.0 Å². The number of aromatic nitrogens is 3. The van der Waals surface area contributed by atoms with Crippen LogP contribution in [0.5, 0.6) is 5.75 Å². The van der Waals surface area contributed by atoms with Crippen LogP contribution in [0.15, 0.2) is 61.2 Å². The van der Waals surface area contributed by atoms with Crippen LogP contribution in [-0.2, 0) is 16.4 Å². The van der Waals surface area contributed by atoms with Crippen molar-refractivity contribution >= 4 is 31.8 Å². The molecule has 3 aromatic heterocycles. The summed E-state index contributed by atoms with van der Waals surface area (Å²) in [6, 6.07) is 10.1. The van der Waals surface area contributed by atoms with Gasteiger partial charge in [-0.3, -0.25) is 9.55 Å². The number of oxazole rings is 1. The zero-order chi connectivity index (χ0) is 24.2. The minimum Gasteiger partial charge on any atom is -0.496 e. The second-order valence-corrected chi connectivity index (χ2v) is 10.1. The molecule has 0 aliphatic carbocycles. The highest BCUT2D eigenvalue weighted by atomic mass is 32.2. The Morgan fingerprint density at radius 2 is 1.85 bits per heavy atom. The van der Waals surface area contributed by atoms with Crippen LogP contribution in [0.1, 0.15) is 17.0 Å². The summed E-state index contributed by atoms with van der Waals surface area (Å²) in [5.74, 6) is 0.702. The third kappa shape index (κ3) is 3.56. The lowest BCUT2D eigenvalue weighted by Crippen LogP contribution is -2.15. The minimum absolute atomic E-state index is 0.197. The average molecular weight is 480 g/mol. The van der Waals surface area contributed by atoms with E-state index in [0.29, 0.717) is 33.5 Å². The van der Waals surface area contributed by atoms with E-state index in [4.69, 9.17) is 13.7 Å². The third-order valence-electron chi connectivity index (χ3n) is 5.81. The number of hydrogen-bond acceptors (Lipinski definition) is 8. The average Bonchev–Trinajstić information content (AvgIpc) is 3.30. The number of fused-ring (bicyclic) bond motifs is 3. The number of benzene rings is 2. The number of rotatable bonds is 5. The van der Waals surface area contributed by atoms with Crippen LogP contribution in [-0.4, -0.2) is 36.5 Å². The van der Waals surface area contributed by atoms with Gasteiger partial charge >= 0.3 is 5.76 Å². The number of pyridine rings is 1. The van der Waals surface area contributed by atoms with E-state index in [1.54, 1.807) is 19.2 Å². The lowest BCUT2D eigenvalue weighted by molar-refractivity contribution is 0.393. The standard InChI is InChI=1S/C24H21N3O6S/c1-13-22(14(2)33-26-13)18-9-19-17(10-20(18)31-3)23-21(11-25-19)32-24(28)27(23)12-15-5-7-16(8-6-15)34(4,29)30/h5-11H,12H2,1-4H3. The Morgan fingerprint density at radius 3 is 2.47 bits per heavy atom. The summed E-state index contributed by atoms with van der Waals surface area (Å²) in [6.45, 7) is 3.89. The van der Waals surface area contributed by atoms with Gasteiger partial charge in [-0.1, -0.05) is 17.3 Å². The molecule has 0 spiro atoms. The smallest absolute Gasteiger partial charge is 0.420 e. The predicted molar refractivity (Wildman–Crippen MR) is 126 cm³/mol. The first-order valence-corrected chi connectivity index (χ1v) is 12.3. The molecule has 0 N–H and O–H groups in total. The van der Waals surface area contributed by atoms with Crippen LogP contribution in [0, 0.1) is 13.8 Å². The molecule has 0 radical (unpaired) electrons. The Morgan fingerprint density at radius 1 is 1.12 bits per heavy atom. The van der Waals surface area contributed by atoms with Crippen LogP contribution < -0.4 is 10.5 Å². The second kappa shape index (κ2) is 7.84. The number of ether oxygens (including phenoxy) is 1. The number of hydrogen-bond donors (Lipinski definition) is 0. The first kappa shape index (κ1) is 21.9. The molecule has 0 unspecified atom stereocenters. The van der Waals surface area contributed by atoms with E-state index in [2.05, 4.69) is 10.1 Å². The van der Waals surface area contributed by atoms with Gasteiger partial charge in [0.25, 0.3) is 0 Å². The van der Waals surface area contributed by atoms with Crippen molar-refractivity contribution in [2.45, 2.75) is 25.3 Å². The molecule has 0 aliphatic heterocycles. The predicted octanol–water partition coefficient (Wildman–Crippen LogP) is 3.87. The van der Waals surface area contributed by atoms with E-state index in [9.17, 15) is 13.2 Å². The fourth-order valence-corrected chi connectivity index (χ4v) is 4.81. The van der Waals surface area contributed by atoms with Crippen molar-refractivity contribution in [1.82, 2.24) is 14.7 Å². The van der Waals surface area contributed by atoms with Crippen LogP contribution in [0.3, 0.4) is 0 Å². The highest BCUT2D eigenvalue weighted by molar-refractivity contribution is 7.90. The molecule has 0 saturated heterocycles. The molecule has 5 aromatic rings. The molecule has 34 heavy (non-hydrogen) atoms. The highest BCUT2D eigenvalue weighted by Gasteiger charge is 2.20. The number of sulfone groups is 1. The van der Waals surface area contributed by atoms with Gasteiger partial charge in [0.2, 0.25) is 0 Å².